The number of rotatable bonds is 5. The van der Waals surface area contributed by atoms with Gasteiger partial charge in [-0.1, -0.05) is 5.16 Å². The van der Waals surface area contributed by atoms with Crippen LogP contribution in [0, 0.1) is 0 Å². The zero-order valence-corrected chi connectivity index (χ0v) is 20.2. The lowest BCUT2D eigenvalue weighted by Crippen LogP contribution is -2.34. The third-order valence-electron chi connectivity index (χ3n) is 4.85. The second kappa shape index (κ2) is 9.44. The van der Waals surface area contributed by atoms with E-state index in [4.69, 9.17) is 14.0 Å². The highest BCUT2D eigenvalue weighted by Gasteiger charge is 2.27. The van der Waals surface area contributed by atoms with Gasteiger partial charge in [-0.3, -0.25) is 14.3 Å². The van der Waals surface area contributed by atoms with Crippen LogP contribution < -0.4 is 15.8 Å². The standard InChI is InChI=1S/C23H23N7O6/c1-23(2,3)35-22(33)29(4)15-9-16(27-18-17(15)28-36-19(18)21(32)34-5)26-14-7-6-8-30(20(14)31)13-10-24-12-25-11-13/h6-12H,1-5H3,(H,26,27). The average Bonchev–Trinajstić information content (AvgIpc) is 3.27. The van der Waals surface area contributed by atoms with Crippen LogP contribution in [0.1, 0.15) is 31.3 Å². The zero-order valence-electron chi connectivity index (χ0n) is 20.2. The molecule has 13 nitrogen and oxygen atoms in total. The molecule has 36 heavy (non-hydrogen) atoms. The largest absolute Gasteiger partial charge is 0.463 e. The van der Waals surface area contributed by atoms with Gasteiger partial charge < -0.3 is 19.3 Å². The van der Waals surface area contributed by atoms with Gasteiger partial charge >= 0.3 is 12.1 Å². The van der Waals surface area contributed by atoms with Crippen molar-refractivity contribution >= 4 is 40.3 Å². The second-order valence-corrected chi connectivity index (χ2v) is 8.59. The van der Waals surface area contributed by atoms with Gasteiger partial charge in [-0.05, 0) is 32.9 Å². The van der Waals surface area contributed by atoms with Crippen molar-refractivity contribution in [2.45, 2.75) is 26.4 Å². The maximum Gasteiger partial charge on any atom is 0.414 e. The molecule has 0 aliphatic rings. The summed E-state index contributed by atoms with van der Waals surface area (Å²) in [7, 11) is 2.66. The highest BCUT2D eigenvalue weighted by atomic mass is 16.6. The quantitative estimate of drug-likeness (QED) is 0.408. The van der Waals surface area contributed by atoms with E-state index in [-0.39, 0.29) is 34.0 Å². The van der Waals surface area contributed by atoms with E-state index >= 15 is 0 Å². The third-order valence-corrected chi connectivity index (χ3v) is 4.85. The molecule has 0 bridgehead atoms. The van der Waals surface area contributed by atoms with Crippen LogP contribution in [0.5, 0.6) is 0 Å². The van der Waals surface area contributed by atoms with E-state index in [1.54, 1.807) is 39.1 Å². The predicted molar refractivity (Wildman–Crippen MR) is 129 cm³/mol. The van der Waals surface area contributed by atoms with Crippen LogP contribution >= 0.6 is 0 Å². The zero-order chi connectivity index (χ0) is 26.0. The molecule has 0 saturated carbocycles. The topological polar surface area (TPSA) is 155 Å². The molecule has 0 fully saturated rings. The molecule has 13 heteroatoms. The molecule has 1 amide bonds. The van der Waals surface area contributed by atoms with Gasteiger partial charge in [-0.25, -0.2) is 24.5 Å². The Morgan fingerprint density at radius 3 is 2.56 bits per heavy atom. The summed E-state index contributed by atoms with van der Waals surface area (Å²) < 4.78 is 16.7. The number of esters is 1. The summed E-state index contributed by atoms with van der Waals surface area (Å²) in [4.78, 5) is 51.6. The molecule has 0 unspecified atom stereocenters. The Bertz CT molecular complexity index is 1490. The van der Waals surface area contributed by atoms with Gasteiger partial charge in [0.25, 0.3) is 11.3 Å². The Morgan fingerprint density at radius 2 is 1.89 bits per heavy atom. The van der Waals surface area contributed by atoms with E-state index in [2.05, 4.69) is 25.4 Å². The molecule has 186 valence electrons. The number of aromatic nitrogens is 5. The number of fused-ring (bicyclic) bond motifs is 1. The number of hydrogen-bond acceptors (Lipinski definition) is 11. The van der Waals surface area contributed by atoms with Crippen molar-refractivity contribution in [3.63, 3.8) is 0 Å². The van der Waals surface area contributed by atoms with Crippen molar-refractivity contribution in [3.05, 3.63) is 59.2 Å². The van der Waals surface area contributed by atoms with Crippen LogP contribution in [0.15, 0.2) is 52.4 Å². The highest BCUT2D eigenvalue weighted by Crippen LogP contribution is 2.31. The lowest BCUT2D eigenvalue weighted by molar-refractivity contribution is 0.0554. The normalized spacial score (nSPS) is 11.2. The Hall–Kier alpha value is -4.81. The second-order valence-electron chi connectivity index (χ2n) is 8.59. The number of ether oxygens (including phenoxy) is 2. The fourth-order valence-electron chi connectivity index (χ4n) is 3.23. The number of amides is 1. The lowest BCUT2D eigenvalue weighted by Gasteiger charge is -2.25. The minimum atomic E-state index is -0.806. The number of nitrogens with zero attached hydrogens (tertiary/aromatic N) is 6. The van der Waals surface area contributed by atoms with Crippen LogP contribution in [0.3, 0.4) is 0 Å². The van der Waals surface area contributed by atoms with E-state index in [1.165, 1.54) is 48.4 Å². The average molecular weight is 493 g/mol. The van der Waals surface area contributed by atoms with Crippen molar-refractivity contribution in [2.24, 2.45) is 0 Å². The summed E-state index contributed by atoms with van der Waals surface area (Å²) >= 11 is 0. The Morgan fingerprint density at radius 1 is 1.17 bits per heavy atom. The number of pyridine rings is 2. The van der Waals surface area contributed by atoms with Crippen LogP contribution in [0.2, 0.25) is 0 Å². The number of carbonyl (C=O) groups is 2. The predicted octanol–water partition coefficient (Wildman–Crippen LogP) is 3.07. The summed E-state index contributed by atoms with van der Waals surface area (Å²) in [6, 6.07) is 4.70. The molecule has 4 aromatic rings. The highest BCUT2D eigenvalue weighted by molar-refractivity contribution is 6.06. The van der Waals surface area contributed by atoms with Crippen LogP contribution in [-0.2, 0) is 9.47 Å². The Kier molecular flexibility index (Phi) is 6.38. The fourth-order valence-corrected chi connectivity index (χ4v) is 3.23. The smallest absolute Gasteiger partial charge is 0.414 e. The SMILES string of the molecule is COC(=O)c1onc2c(N(C)C(=O)OC(C)(C)C)cc(Nc3cccn(-c4cncnc4)c3=O)nc12. The van der Waals surface area contributed by atoms with Gasteiger partial charge in [0.05, 0.1) is 30.9 Å². The van der Waals surface area contributed by atoms with Crippen molar-refractivity contribution in [1.29, 1.82) is 0 Å². The first-order valence-corrected chi connectivity index (χ1v) is 10.7. The van der Waals surface area contributed by atoms with Crippen molar-refractivity contribution in [2.75, 3.05) is 24.4 Å². The fraction of sp³-hybridized carbons (Fsp3) is 0.261. The summed E-state index contributed by atoms with van der Waals surface area (Å²) in [5.74, 6) is -0.929. The van der Waals surface area contributed by atoms with Crippen LogP contribution in [0.25, 0.3) is 16.7 Å². The lowest BCUT2D eigenvalue weighted by atomic mass is 10.2. The molecule has 0 aromatic carbocycles. The minimum Gasteiger partial charge on any atom is -0.463 e. The molecule has 4 aromatic heterocycles. The van der Waals surface area contributed by atoms with Crippen LogP contribution in [0.4, 0.5) is 22.0 Å². The number of methoxy groups -OCH3 is 1. The van der Waals surface area contributed by atoms with Gasteiger partial charge in [-0.15, -0.1) is 0 Å². The molecular formula is C23H23N7O6. The molecule has 0 spiro atoms. The molecule has 0 aliphatic heterocycles. The molecule has 1 N–H and O–H groups in total. The van der Waals surface area contributed by atoms with Gasteiger partial charge in [0.15, 0.2) is 5.52 Å². The van der Waals surface area contributed by atoms with E-state index in [1.807, 2.05) is 0 Å². The van der Waals surface area contributed by atoms with E-state index in [9.17, 15) is 14.4 Å². The summed E-state index contributed by atoms with van der Waals surface area (Å²) in [5, 5.41) is 6.86. The van der Waals surface area contributed by atoms with E-state index in [0.29, 0.717) is 5.69 Å². The van der Waals surface area contributed by atoms with Gasteiger partial charge in [0, 0.05) is 19.3 Å². The number of hydrogen-bond donors (Lipinski definition) is 1. The van der Waals surface area contributed by atoms with Gasteiger partial charge in [0.1, 0.15) is 29.0 Å². The summed E-state index contributed by atoms with van der Waals surface area (Å²) in [6.45, 7) is 5.20. The van der Waals surface area contributed by atoms with Crippen molar-refractivity contribution < 1.29 is 23.6 Å². The molecule has 0 aliphatic carbocycles. The minimum absolute atomic E-state index is 0.0324. The number of anilines is 3. The summed E-state index contributed by atoms with van der Waals surface area (Å²) in [6.07, 6.45) is 5.25. The van der Waals surface area contributed by atoms with Gasteiger partial charge in [-0.2, -0.15) is 0 Å². The molecule has 0 radical (unpaired) electrons. The Balaban J connectivity index is 1.81. The Labute approximate surface area is 204 Å². The monoisotopic (exact) mass is 493 g/mol. The van der Waals surface area contributed by atoms with Crippen molar-refractivity contribution in [1.82, 2.24) is 24.7 Å². The van der Waals surface area contributed by atoms with Crippen molar-refractivity contribution in [3.8, 4) is 5.69 Å². The molecule has 4 rings (SSSR count). The maximum absolute atomic E-state index is 13.1. The first-order chi connectivity index (χ1) is 17.1. The molecular weight excluding hydrogens is 470 g/mol. The molecule has 4 heterocycles. The molecule has 0 saturated heterocycles. The third kappa shape index (κ3) is 4.85. The van der Waals surface area contributed by atoms with E-state index in [0.717, 1.165) is 0 Å². The summed E-state index contributed by atoms with van der Waals surface area (Å²) in [5.41, 5.74) is -0.151. The van der Waals surface area contributed by atoms with Crippen LogP contribution in [-0.4, -0.2) is 56.5 Å². The first-order valence-electron chi connectivity index (χ1n) is 10.7. The number of carbonyl (C=O) groups excluding carboxylic acids is 2. The van der Waals surface area contributed by atoms with E-state index < -0.39 is 23.2 Å². The number of nitrogens with one attached hydrogen (secondary N) is 1. The maximum atomic E-state index is 13.1. The van der Waals surface area contributed by atoms with Gasteiger partial charge in [0.2, 0.25) is 0 Å². The first kappa shape index (κ1) is 24.3. The molecule has 0 atom stereocenters.